The van der Waals surface area contributed by atoms with E-state index in [0.717, 1.165) is 72.5 Å². The average Bonchev–Trinajstić information content (AvgIpc) is 3.50. The van der Waals surface area contributed by atoms with Crippen molar-refractivity contribution < 1.29 is 4.79 Å². The molecular formula is C25H30N8O. The fourth-order valence-electron chi connectivity index (χ4n) is 6.86. The maximum absolute atomic E-state index is 12.8. The Morgan fingerprint density at radius 3 is 2.74 bits per heavy atom. The summed E-state index contributed by atoms with van der Waals surface area (Å²) in [5, 5.41) is 7.54. The minimum Gasteiger partial charge on any atom is -0.343 e. The molecule has 0 radical (unpaired) electrons. The Balaban J connectivity index is 1.01. The average molecular weight is 459 g/mol. The molecule has 3 aliphatic carbocycles. The highest BCUT2D eigenvalue weighted by molar-refractivity contribution is 5.94. The second kappa shape index (κ2) is 7.38. The van der Waals surface area contributed by atoms with Crippen molar-refractivity contribution in [3.05, 3.63) is 53.1 Å². The molecule has 1 N–H and O–H groups in total. The van der Waals surface area contributed by atoms with Crippen LogP contribution in [0.5, 0.6) is 0 Å². The Bertz CT molecular complexity index is 1260. The van der Waals surface area contributed by atoms with Gasteiger partial charge in [0.25, 0.3) is 5.91 Å². The highest BCUT2D eigenvalue weighted by Crippen LogP contribution is 2.60. The van der Waals surface area contributed by atoms with E-state index in [9.17, 15) is 4.79 Å². The molecular weight excluding hydrogens is 428 g/mol. The maximum atomic E-state index is 12.8. The molecule has 4 heterocycles. The largest absolute Gasteiger partial charge is 0.343 e. The predicted octanol–water partition coefficient (Wildman–Crippen LogP) is 2.27. The monoisotopic (exact) mass is 458 g/mol. The smallest absolute Gasteiger partial charge is 0.255 e. The normalized spacial score (nSPS) is 28.6. The molecule has 3 aromatic rings. The van der Waals surface area contributed by atoms with Gasteiger partial charge in [-0.2, -0.15) is 5.10 Å². The molecule has 3 fully saturated rings. The number of hydrogen-bond donors (Lipinski definition) is 1. The molecule has 0 aromatic carbocycles. The van der Waals surface area contributed by atoms with Gasteiger partial charge >= 0.3 is 0 Å². The topological polar surface area (TPSA) is 93.8 Å². The van der Waals surface area contributed by atoms with Gasteiger partial charge in [0.2, 0.25) is 5.95 Å². The summed E-state index contributed by atoms with van der Waals surface area (Å²) in [6.45, 7) is 4.80. The molecule has 0 spiro atoms. The molecule has 2 unspecified atom stereocenters. The van der Waals surface area contributed by atoms with Gasteiger partial charge < -0.3 is 14.8 Å². The van der Waals surface area contributed by atoms with Crippen molar-refractivity contribution in [1.29, 1.82) is 0 Å². The Hall–Kier alpha value is -3.23. The first-order chi connectivity index (χ1) is 16.5. The van der Waals surface area contributed by atoms with E-state index in [2.05, 4.69) is 20.3 Å². The van der Waals surface area contributed by atoms with Crippen LogP contribution in [0.3, 0.4) is 0 Å². The lowest BCUT2D eigenvalue weighted by atomic mass is 9.46. The molecule has 9 heteroatoms. The van der Waals surface area contributed by atoms with Crippen LogP contribution in [0.1, 0.15) is 58.3 Å². The predicted molar refractivity (Wildman–Crippen MR) is 125 cm³/mol. The lowest BCUT2D eigenvalue weighted by Crippen LogP contribution is -2.62. The Kier molecular flexibility index (Phi) is 4.38. The summed E-state index contributed by atoms with van der Waals surface area (Å²) >= 11 is 0. The molecule has 7 rings (SSSR count). The van der Waals surface area contributed by atoms with E-state index in [-0.39, 0.29) is 11.9 Å². The van der Waals surface area contributed by atoms with Crippen LogP contribution in [-0.4, -0.2) is 48.3 Å². The number of nitrogens with zero attached hydrogens (tertiary/aromatic N) is 7. The number of piperidine rings is 1. The lowest BCUT2D eigenvalue weighted by molar-refractivity contribution is -0.0996. The highest BCUT2D eigenvalue weighted by Gasteiger charge is 2.56. The molecule has 2 saturated carbocycles. The minimum atomic E-state index is -0.115. The fourth-order valence-corrected chi connectivity index (χ4v) is 6.86. The zero-order chi connectivity index (χ0) is 23.0. The van der Waals surface area contributed by atoms with Gasteiger partial charge in [0.1, 0.15) is 0 Å². The van der Waals surface area contributed by atoms with Gasteiger partial charge in [-0.3, -0.25) is 9.48 Å². The first-order valence-electron chi connectivity index (χ1n) is 12.4. The van der Waals surface area contributed by atoms with Crippen LogP contribution in [0.25, 0.3) is 0 Å². The Labute approximate surface area is 198 Å². The van der Waals surface area contributed by atoms with Crippen LogP contribution in [0.4, 0.5) is 5.95 Å². The number of imidazole rings is 1. The van der Waals surface area contributed by atoms with Crippen LogP contribution < -0.4 is 10.2 Å². The lowest BCUT2D eigenvalue weighted by Gasteiger charge is -2.63. The summed E-state index contributed by atoms with van der Waals surface area (Å²) in [7, 11) is 2.00. The SMILES string of the molecule is Cc1nc(N2C[C@H]3CC4C[C@@H](C2)C43)ncc1Cn1cc(C(=O)N[C@@H]2CCc3c2ncn3C)cn1. The van der Waals surface area contributed by atoms with Crippen LogP contribution >= 0.6 is 0 Å². The summed E-state index contributed by atoms with van der Waals surface area (Å²) in [4.78, 5) is 29.2. The van der Waals surface area contributed by atoms with E-state index in [4.69, 9.17) is 9.97 Å². The third kappa shape index (κ3) is 3.09. The summed E-state index contributed by atoms with van der Waals surface area (Å²) in [5.41, 5.74) is 4.74. The summed E-state index contributed by atoms with van der Waals surface area (Å²) in [5.74, 6) is 4.46. The van der Waals surface area contributed by atoms with Gasteiger partial charge in [-0.05, 0) is 56.3 Å². The van der Waals surface area contributed by atoms with Crippen molar-refractivity contribution in [2.24, 2.45) is 30.7 Å². The van der Waals surface area contributed by atoms with Crippen LogP contribution in [0.15, 0.2) is 24.9 Å². The van der Waals surface area contributed by atoms with Crippen molar-refractivity contribution >= 4 is 11.9 Å². The van der Waals surface area contributed by atoms with E-state index in [1.54, 1.807) is 17.1 Å². The molecule has 1 saturated heterocycles. The number of carbonyl (C=O) groups excluding carboxylic acids is 1. The molecule has 3 aromatic heterocycles. The summed E-state index contributed by atoms with van der Waals surface area (Å²) in [6.07, 6.45) is 11.8. The van der Waals surface area contributed by atoms with Crippen molar-refractivity contribution in [3.63, 3.8) is 0 Å². The molecule has 5 atom stereocenters. The molecule has 0 bridgehead atoms. The van der Waals surface area contributed by atoms with Crippen molar-refractivity contribution in [1.82, 2.24) is 34.6 Å². The van der Waals surface area contributed by atoms with E-state index >= 15 is 0 Å². The number of aromatic nitrogens is 6. The third-order valence-electron chi connectivity index (χ3n) is 8.73. The number of nitrogens with one attached hydrogen (secondary N) is 1. The van der Waals surface area contributed by atoms with E-state index in [1.165, 1.54) is 18.5 Å². The first-order valence-corrected chi connectivity index (χ1v) is 12.4. The molecule has 34 heavy (non-hydrogen) atoms. The third-order valence-corrected chi connectivity index (χ3v) is 8.73. The van der Waals surface area contributed by atoms with E-state index in [1.807, 2.05) is 31.1 Å². The van der Waals surface area contributed by atoms with Crippen LogP contribution in [0, 0.1) is 30.6 Å². The standard InChI is InChI=1S/C25H30N8O/c1-14-18(7-26-25(29-14)32-9-16-5-15-6-17(10-32)22(15)16)11-33-12-19(8-28-33)24(34)30-20-3-4-21-23(20)27-13-31(21)2/h7-8,12-13,15-17,20,22H,3-6,9-11H2,1-2H3,(H,30,34)/t15?,16-,17+,20-,22?/m1/s1. The van der Waals surface area contributed by atoms with Gasteiger partial charge in [0.05, 0.1) is 36.4 Å². The second-order valence-electron chi connectivity index (χ2n) is 10.7. The van der Waals surface area contributed by atoms with Gasteiger partial charge in [0, 0.05) is 49.5 Å². The number of aryl methyl sites for hydroxylation is 2. The number of fused-ring (bicyclic) bond motifs is 1. The molecule has 176 valence electrons. The van der Waals surface area contributed by atoms with E-state index < -0.39 is 0 Å². The van der Waals surface area contributed by atoms with Gasteiger partial charge in [-0.1, -0.05) is 0 Å². The first kappa shape index (κ1) is 20.2. The molecule has 4 aliphatic rings. The van der Waals surface area contributed by atoms with Crippen molar-refractivity contribution in [2.75, 3.05) is 18.0 Å². The number of carbonyl (C=O) groups is 1. The van der Waals surface area contributed by atoms with Crippen LogP contribution in [-0.2, 0) is 20.0 Å². The van der Waals surface area contributed by atoms with Gasteiger partial charge in [-0.25, -0.2) is 15.0 Å². The number of anilines is 1. The highest BCUT2D eigenvalue weighted by atomic mass is 16.1. The maximum Gasteiger partial charge on any atom is 0.255 e. The Morgan fingerprint density at radius 2 is 1.97 bits per heavy atom. The number of amides is 1. The quantitative estimate of drug-likeness (QED) is 0.631. The Morgan fingerprint density at radius 1 is 1.15 bits per heavy atom. The molecule has 9 nitrogen and oxygen atoms in total. The van der Waals surface area contributed by atoms with Gasteiger partial charge in [0.15, 0.2) is 0 Å². The molecule has 1 amide bonds. The van der Waals surface area contributed by atoms with Crippen LogP contribution in [0.2, 0.25) is 0 Å². The zero-order valence-corrected chi connectivity index (χ0v) is 19.7. The van der Waals surface area contributed by atoms with E-state index in [0.29, 0.717) is 12.1 Å². The number of hydrogen-bond acceptors (Lipinski definition) is 6. The minimum absolute atomic E-state index is 0.0361. The van der Waals surface area contributed by atoms with Crippen molar-refractivity contribution in [3.8, 4) is 0 Å². The second-order valence-corrected chi connectivity index (χ2v) is 10.7. The summed E-state index contributed by atoms with van der Waals surface area (Å²) < 4.78 is 3.82. The fraction of sp³-hybridized carbons (Fsp3) is 0.560. The summed E-state index contributed by atoms with van der Waals surface area (Å²) in [6, 6.07) is -0.0361. The number of rotatable bonds is 5. The molecule has 1 aliphatic heterocycles. The van der Waals surface area contributed by atoms with Gasteiger partial charge in [-0.15, -0.1) is 0 Å². The zero-order valence-electron chi connectivity index (χ0n) is 19.7. The van der Waals surface area contributed by atoms with Crippen molar-refractivity contribution in [2.45, 2.75) is 45.2 Å².